The first-order chi connectivity index (χ1) is 15.1. The lowest BCUT2D eigenvalue weighted by molar-refractivity contribution is -0.133. The minimum atomic E-state index is -5.31. The Bertz CT molecular complexity index is 1130. The van der Waals surface area contributed by atoms with Gasteiger partial charge >= 0.3 is 5.76 Å². The largest absolute Gasteiger partial charge is 0.492 e. The number of carbonyl (C=O) groups is 1. The lowest BCUT2D eigenvalue weighted by atomic mass is 9.95. The van der Waals surface area contributed by atoms with E-state index in [0.29, 0.717) is 11.3 Å². The molecule has 2 heterocycles. The average molecular weight is 472 g/mol. The number of ether oxygens (including phenoxy) is 1. The minimum absolute atomic E-state index is 0.0856. The number of alkyl halides is 4. The van der Waals surface area contributed by atoms with Gasteiger partial charge in [-0.15, -0.1) is 0 Å². The van der Waals surface area contributed by atoms with Crippen LogP contribution in [0.5, 0.6) is 5.75 Å². The third kappa shape index (κ3) is 4.31. The second-order valence-corrected chi connectivity index (χ2v) is 9.43. The second-order valence-electron chi connectivity index (χ2n) is 7.75. The lowest BCUT2D eigenvalue weighted by Crippen LogP contribution is -2.53. The Hall–Kier alpha value is -2.66. The first kappa shape index (κ1) is 22.5. The van der Waals surface area contributed by atoms with Gasteiger partial charge in [0.05, 0.1) is 25.6 Å². The minimum Gasteiger partial charge on any atom is -0.492 e. The fourth-order valence-corrected chi connectivity index (χ4v) is 4.92. The number of nitrogens with zero attached hydrogens (tertiary/aromatic N) is 1. The van der Waals surface area contributed by atoms with Gasteiger partial charge in [-0.3, -0.25) is 4.79 Å². The fourth-order valence-electron chi connectivity index (χ4n) is 4.13. The van der Waals surface area contributed by atoms with Crippen LogP contribution in [0.4, 0.5) is 17.6 Å². The van der Waals surface area contributed by atoms with Crippen LogP contribution in [0.25, 0.3) is 11.1 Å². The van der Waals surface area contributed by atoms with Crippen LogP contribution in [0.15, 0.2) is 48.5 Å². The number of para-hydroxylation sites is 1. The zero-order valence-corrected chi connectivity index (χ0v) is 17.5. The standard InChI is InChI=1S/C21H20F4N2O4S/c22-20(23)32(29,30)26-19-16-11-13-4-3-5-14(10-13)15-6-1-2-7-17(15)31-9-8-18(28)27(16)12-21(19,24)25/h1-7,10,16,19-20,26H,8-9,11-12H2. The zero-order chi connectivity index (χ0) is 23.1. The first-order valence-corrected chi connectivity index (χ1v) is 11.4. The van der Waals surface area contributed by atoms with E-state index in [2.05, 4.69) is 0 Å². The SMILES string of the molecule is O=C1CCOc2ccccc2-c2cccc(c2)CC2C(NS(=O)(=O)C(F)F)C(F)(F)CN12. The van der Waals surface area contributed by atoms with Gasteiger partial charge in [-0.2, -0.15) is 13.5 Å². The van der Waals surface area contributed by atoms with E-state index in [1.807, 2.05) is 6.07 Å². The number of fused-ring (bicyclic) bond motifs is 5. The maximum absolute atomic E-state index is 14.8. The summed E-state index contributed by atoms with van der Waals surface area (Å²) in [5.41, 5.74) is 2.02. The Morgan fingerprint density at radius 3 is 2.62 bits per heavy atom. The molecule has 1 fully saturated rings. The maximum Gasteiger partial charge on any atom is 0.350 e. The van der Waals surface area contributed by atoms with E-state index in [-0.39, 0.29) is 19.4 Å². The number of halogens is 4. The van der Waals surface area contributed by atoms with Crippen molar-refractivity contribution in [1.29, 1.82) is 0 Å². The molecule has 2 aromatic rings. The van der Waals surface area contributed by atoms with E-state index in [4.69, 9.17) is 4.74 Å². The number of carbonyl (C=O) groups excluding carboxylic acids is 1. The van der Waals surface area contributed by atoms with Crippen molar-refractivity contribution in [3.63, 3.8) is 0 Å². The van der Waals surface area contributed by atoms with Crippen molar-refractivity contribution < 1.29 is 35.5 Å². The van der Waals surface area contributed by atoms with Crippen molar-refractivity contribution in [2.45, 2.75) is 36.6 Å². The molecule has 1 N–H and O–H groups in total. The molecular weight excluding hydrogens is 452 g/mol. The summed E-state index contributed by atoms with van der Waals surface area (Å²) in [7, 11) is -5.31. The van der Waals surface area contributed by atoms with Crippen LogP contribution in [-0.2, 0) is 21.2 Å². The molecule has 4 rings (SSSR count). The monoisotopic (exact) mass is 472 g/mol. The van der Waals surface area contributed by atoms with Gasteiger partial charge in [-0.25, -0.2) is 17.2 Å². The lowest BCUT2D eigenvalue weighted by Gasteiger charge is -2.29. The van der Waals surface area contributed by atoms with Crippen molar-refractivity contribution in [3.05, 3.63) is 54.1 Å². The summed E-state index contributed by atoms with van der Waals surface area (Å²) >= 11 is 0. The summed E-state index contributed by atoms with van der Waals surface area (Å²) in [6, 6.07) is 10.5. The Kier molecular flexibility index (Phi) is 5.89. The summed E-state index contributed by atoms with van der Waals surface area (Å²) in [6.07, 6.45) is -0.377. The van der Waals surface area contributed by atoms with Gasteiger partial charge in [0, 0.05) is 5.56 Å². The topological polar surface area (TPSA) is 75.7 Å². The molecule has 0 aromatic heterocycles. The predicted molar refractivity (Wildman–Crippen MR) is 108 cm³/mol. The number of benzene rings is 2. The molecule has 2 atom stereocenters. The molecular formula is C21H20F4N2O4S. The number of hydrogen-bond donors (Lipinski definition) is 1. The van der Waals surface area contributed by atoms with Crippen LogP contribution in [0, 0.1) is 0 Å². The fraction of sp³-hybridized carbons (Fsp3) is 0.381. The first-order valence-electron chi connectivity index (χ1n) is 9.86. The number of sulfonamides is 1. The maximum atomic E-state index is 14.8. The number of rotatable bonds is 3. The van der Waals surface area contributed by atoms with Gasteiger partial charge in [-0.1, -0.05) is 42.5 Å². The summed E-state index contributed by atoms with van der Waals surface area (Å²) in [5, 5.41) is 0. The molecule has 0 spiro atoms. The summed E-state index contributed by atoms with van der Waals surface area (Å²) < 4.78 is 86.0. The van der Waals surface area contributed by atoms with Gasteiger partial charge in [0.15, 0.2) is 0 Å². The third-order valence-electron chi connectivity index (χ3n) is 5.61. The smallest absolute Gasteiger partial charge is 0.350 e. The van der Waals surface area contributed by atoms with Gasteiger partial charge in [0.1, 0.15) is 11.8 Å². The van der Waals surface area contributed by atoms with E-state index in [0.717, 1.165) is 16.0 Å². The average Bonchev–Trinajstić information content (AvgIpc) is 2.98. The molecule has 2 bridgehead atoms. The van der Waals surface area contributed by atoms with Crippen LogP contribution >= 0.6 is 0 Å². The van der Waals surface area contributed by atoms with Gasteiger partial charge in [-0.05, 0) is 23.6 Å². The van der Waals surface area contributed by atoms with Crippen LogP contribution in [0.2, 0.25) is 0 Å². The van der Waals surface area contributed by atoms with Gasteiger partial charge in [0.2, 0.25) is 5.91 Å². The number of hydrogen-bond acceptors (Lipinski definition) is 4. The predicted octanol–water partition coefficient (Wildman–Crippen LogP) is 3.04. The molecule has 1 amide bonds. The molecule has 1 saturated heterocycles. The van der Waals surface area contributed by atoms with Crippen LogP contribution < -0.4 is 9.46 Å². The molecule has 2 aliphatic rings. The van der Waals surface area contributed by atoms with Crippen LogP contribution in [0.3, 0.4) is 0 Å². The summed E-state index contributed by atoms with van der Waals surface area (Å²) in [6.45, 7) is -1.17. The van der Waals surface area contributed by atoms with Gasteiger partial charge in [0.25, 0.3) is 15.9 Å². The van der Waals surface area contributed by atoms with Crippen molar-refractivity contribution in [2.75, 3.05) is 13.2 Å². The zero-order valence-electron chi connectivity index (χ0n) is 16.7. The molecule has 2 unspecified atom stereocenters. The van der Waals surface area contributed by atoms with E-state index in [9.17, 15) is 30.8 Å². The van der Waals surface area contributed by atoms with E-state index in [1.165, 1.54) is 4.72 Å². The molecule has 6 nitrogen and oxygen atoms in total. The molecule has 172 valence electrons. The molecule has 0 radical (unpaired) electrons. The van der Waals surface area contributed by atoms with E-state index in [1.54, 1.807) is 42.5 Å². The molecule has 0 saturated carbocycles. The number of nitrogens with one attached hydrogen (secondary N) is 1. The van der Waals surface area contributed by atoms with E-state index >= 15 is 0 Å². The van der Waals surface area contributed by atoms with Gasteiger partial charge < -0.3 is 9.64 Å². The Morgan fingerprint density at radius 1 is 1.12 bits per heavy atom. The Morgan fingerprint density at radius 2 is 1.88 bits per heavy atom. The number of amides is 1. The van der Waals surface area contributed by atoms with Crippen LogP contribution in [-0.4, -0.2) is 56.1 Å². The Balaban J connectivity index is 1.77. The van der Waals surface area contributed by atoms with Crippen LogP contribution in [0.1, 0.15) is 12.0 Å². The highest BCUT2D eigenvalue weighted by Gasteiger charge is 2.57. The molecule has 2 aromatic carbocycles. The third-order valence-corrected chi connectivity index (χ3v) is 6.66. The second kappa shape index (κ2) is 8.36. The summed E-state index contributed by atoms with van der Waals surface area (Å²) in [5.74, 6) is -7.75. The highest BCUT2D eigenvalue weighted by Crippen LogP contribution is 2.37. The normalized spacial score (nSPS) is 23.0. The molecule has 32 heavy (non-hydrogen) atoms. The van der Waals surface area contributed by atoms with Crippen molar-refractivity contribution in [2.24, 2.45) is 0 Å². The molecule has 2 aliphatic heterocycles. The molecule has 0 aliphatic carbocycles. The highest BCUT2D eigenvalue weighted by molar-refractivity contribution is 7.89. The summed E-state index contributed by atoms with van der Waals surface area (Å²) in [4.78, 5) is 13.6. The Labute approximate surface area is 182 Å². The van der Waals surface area contributed by atoms with Crippen molar-refractivity contribution in [1.82, 2.24) is 9.62 Å². The van der Waals surface area contributed by atoms with Crippen molar-refractivity contribution in [3.8, 4) is 16.9 Å². The quantitative estimate of drug-likeness (QED) is 0.697. The van der Waals surface area contributed by atoms with Crippen molar-refractivity contribution >= 4 is 15.9 Å². The van der Waals surface area contributed by atoms with E-state index < -0.39 is 46.2 Å². The highest BCUT2D eigenvalue weighted by atomic mass is 32.2. The molecule has 11 heteroatoms.